The predicted octanol–water partition coefficient (Wildman–Crippen LogP) is 0.0413. The summed E-state index contributed by atoms with van der Waals surface area (Å²) in [5, 5.41) is 2.07. The number of rotatable bonds is 3. The summed E-state index contributed by atoms with van der Waals surface area (Å²) >= 11 is 0. The van der Waals surface area contributed by atoms with Gasteiger partial charge in [-0.2, -0.15) is 13.2 Å². The monoisotopic (exact) mass is 187 g/mol. The van der Waals surface area contributed by atoms with Crippen LogP contribution in [-0.2, 0) is 10.0 Å². The molecule has 12 heavy (non-hydrogen) atoms. The van der Waals surface area contributed by atoms with Gasteiger partial charge in [-0.3, -0.25) is 4.98 Å². The number of sulfonamides is 1. The predicted molar refractivity (Wildman–Crippen MR) is 40.4 cm³/mol. The fourth-order valence-corrected chi connectivity index (χ4v) is 1.27. The van der Waals surface area contributed by atoms with Crippen LogP contribution in [0.4, 0.5) is 0 Å². The van der Waals surface area contributed by atoms with E-state index in [0.29, 0.717) is 0 Å². The number of hydrogen-bond acceptors (Lipinski definition) is 5. The van der Waals surface area contributed by atoms with Crippen molar-refractivity contribution in [2.75, 3.05) is 0 Å². The van der Waals surface area contributed by atoms with Crippen LogP contribution in [-0.4, -0.2) is 13.4 Å². The summed E-state index contributed by atoms with van der Waals surface area (Å²) in [6.45, 7) is 0. The number of nitrogens with zero attached hydrogens (tertiary/aromatic N) is 2. The molecule has 0 unspecified atom stereocenters. The molecular formula is C5H5N3O3S. The van der Waals surface area contributed by atoms with Gasteiger partial charge in [0.2, 0.25) is 0 Å². The topological polar surface area (TPSA) is 88.5 Å². The van der Waals surface area contributed by atoms with E-state index >= 15 is 0 Å². The van der Waals surface area contributed by atoms with Crippen molar-refractivity contribution in [1.29, 1.82) is 0 Å². The Morgan fingerprint density at radius 3 is 2.75 bits per heavy atom. The highest BCUT2D eigenvalue weighted by Gasteiger charge is 2.12. The maximum absolute atomic E-state index is 11.0. The van der Waals surface area contributed by atoms with Gasteiger partial charge >= 0.3 is 0 Å². The zero-order valence-electron chi connectivity index (χ0n) is 5.84. The van der Waals surface area contributed by atoms with E-state index in [2.05, 4.69) is 10.3 Å². The summed E-state index contributed by atoms with van der Waals surface area (Å²) < 4.78 is 22.0. The molecule has 0 radical (unpaired) electrons. The lowest BCUT2D eigenvalue weighted by atomic mass is 10.5. The smallest absolute Gasteiger partial charge is 0.263 e. The van der Waals surface area contributed by atoms with Gasteiger partial charge in [0.25, 0.3) is 10.0 Å². The Kier molecular flexibility index (Phi) is 2.34. The van der Waals surface area contributed by atoms with E-state index in [0.717, 1.165) is 6.20 Å². The van der Waals surface area contributed by atoms with Crippen LogP contribution in [0.3, 0.4) is 0 Å². The van der Waals surface area contributed by atoms with E-state index in [9.17, 15) is 13.3 Å². The van der Waals surface area contributed by atoms with Crippen LogP contribution in [0.1, 0.15) is 0 Å². The minimum atomic E-state index is -3.80. The molecule has 0 saturated heterocycles. The first-order chi connectivity index (χ1) is 5.67. The van der Waals surface area contributed by atoms with E-state index in [1.807, 2.05) is 0 Å². The third-order valence-corrected chi connectivity index (χ3v) is 2.28. The average Bonchev–Trinajstić information content (AvgIpc) is 2.06. The minimum absolute atomic E-state index is 0.0930. The fourth-order valence-electron chi connectivity index (χ4n) is 0.608. The molecule has 7 heteroatoms. The largest absolute Gasteiger partial charge is 0.280 e. The van der Waals surface area contributed by atoms with E-state index < -0.39 is 10.0 Å². The number of nitroso groups, excluding NO2 is 1. The molecule has 0 spiro atoms. The van der Waals surface area contributed by atoms with E-state index in [1.54, 1.807) is 0 Å². The quantitative estimate of drug-likeness (QED) is 0.534. The first-order valence-corrected chi connectivity index (χ1v) is 4.39. The molecule has 1 N–H and O–H groups in total. The second-order valence-corrected chi connectivity index (χ2v) is 3.54. The summed E-state index contributed by atoms with van der Waals surface area (Å²) in [7, 11) is -3.80. The average molecular weight is 187 g/mol. The molecule has 1 aromatic rings. The molecule has 64 valence electrons. The molecule has 0 saturated carbocycles. The molecule has 0 bridgehead atoms. The molecule has 1 aromatic heterocycles. The summed E-state index contributed by atoms with van der Waals surface area (Å²) in [4.78, 5) is 14.6. The van der Waals surface area contributed by atoms with Gasteiger partial charge in [-0.15, -0.1) is 4.91 Å². The Balaban J connectivity index is 3.07. The number of hydrogen-bond donors (Lipinski definition) is 1. The Hall–Kier alpha value is -1.50. The van der Waals surface area contributed by atoms with E-state index in [4.69, 9.17) is 0 Å². The van der Waals surface area contributed by atoms with Gasteiger partial charge in [0.15, 0.2) is 0 Å². The Morgan fingerprint density at radius 2 is 2.25 bits per heavy atom. The van der Waals surface area contributed by atoms with Gasteiger partial charge in [-0.25, -0.2) is 0 Å². The van der Waals surface area contributed by atoms with Gasteiger partial charge in [0, 0.05) is 12.4 Å². The second-order valence-electron chi connectivity index (χ2n) is 1.87. The van der Waals surface area contributed by atoms with E-state index in [1.165, 1.54) is 23.2 Å². The van der Waals surface area contributed by atoms with Crippen molar-refractivity contribution in [2.24, 2.45) is 5.29 Å². The van der Waals surface area contributed by atoms with Crippen LogP contribution in [0.2, 0.25) is 0 Å². The van der Waals surface area contributed by atoms with Gasteiger partial charge < -0.3 is 0 Å². The number of nitrogens with one attached hydrogen (secondary N) is 1. The molecule has 0 atom stereocenters. The van der Waals surface area contributed by atoms with Crippen molar-refractivity contribution in [3.05, 3.63) is 29.4 Å². The van der Waals surface area contributed by atoms with E-state index in [-0.39, 0.29) is 4.90 Å². The highest BCUT2D eigenvalue weighted by Crippen LogP contribution is 2.04. The SMILES string of the molecule is O=NNS(=O)(=O)c1cccnc1. The van der Waals surface area contributed by atoms with Crippen molar-refractivity contribution >= 4 is 10.0 Å². The van der Waals surface area contributed by atoms with Crippen LogP contribution in [0.5, 0.6) is 0 Å². The van der Waals surface area contributed by atoms with Crippen molar-refractivity contribution in [3.63, 3.8) is 0 Å². The van der Waals surface area contributed by atoms with Gasteiger partial charge in [-0.1, -0.05) is 0 Å². The molecule has 0 aliphatic rings. The summed E-state index contributed by atoms with van der Waals surface area (Å²) in [5.74, 6) is 0. The minimum Gasteiger partial charge on any atom is -0.263 e. The van der Waals surface area contributed by atoms with Crippen LogP contribution >= 0.6 is 0 Å². The number of aromatic nitrogens is 1. The first kappa shape index (κ1) is 8.60. The van der Waals surface area contributed by atoms with Crippen LogP contribution in [0.15, 0.2) is 34.7 Å². The normalized spacial score (nSPS) is 10.7. The van der Waals surface area contributed by atoms with Gasteiger partial charge in [0.05, 0.1) is 5.29 Å². The highest BCUT2D eigenvalue weighted by molar-refractivity contribution is 7.89. The lowest BCUT2D eigenvalue weighted by Crippen LogP contribution is -2.17. The van der Waals surface area contributed by atoms with Gasteiger partial charge in [-0.05, 0) is 12.1 Å². The van der Waals surface area contributed by atoms with Crippen LogP contribution in [0, 0.1) is 4.91 Å². The molecule has 0 aromatic carbocycles. The molecule has 0 fully saturated rings. The maximum atomic E-state index is 11.0. The zero-order chi connectivity index (χ0) is 9.03. The molecule has 0 aliphatic heterocycles. The Bertz CT molecular complexity index is 361. The summed E-state index contributed by atoms with van der Waals surface area (Å²) in [6.07, 6.45) is 2.54. The molecule has 1 rings (SSSR count). The lowest BCUT2D eigenvalue weighted by molar-refractivity contribution is 0.583. The third-order valence-electron chi connectivity index (χ3n) is 1.10. The fraction of sp³-hybridized carbons (Fsp3) is 0. The Labute approximate surface area is 68.6 Å². The standard InChI is InChI=1S/C5H5N3O3S/c9-7-8-12(10,11)5-2-1-3-6-4-5/h1-4H,(H,8,9). The van der Waals surface area contributed by atoms with Crippen molar-refractivity contribution in [2.45, 2.75) is 4.90 Å². The highest BCUT2D eigenvalue weighted by atomic mass is 32.2. The summed E-state index contributed by atoms with van der Waals surface area (Å²) in [5.41, 5.74) is 0. The molecule has 0 amide bonds. The lowest BCUT2D eigenvalue weighted by Gasteiger charge is -1.97. The molecule has 0 aliphatic carbocycles. The van der Waals surface area contributed by atoms with Crippen LogP contribution in [0.25, 0.3) is 0 Å². The third kappa shape index (κ3) is 1.76. The summed E-state index contributed by atoms with van der Waals surface area (Å²) in [6, 6.07) is 2.75. The molecule has 1 heterocycles. The Morgan fingerprint density at radius 1 is 1.50 bits per heavy atom. The van der Waals surface area contributed by atoms with Crippen LogP contribution < -0.4 is 4.83 Å². The van der Waals surface area contributed by atoms with Gasteiger partial charge in [0.1, 0.15) is 4.90 Å². The second kappa shape index (κ2) is 3.26. The zero-order valence-corrected chi connectivity index (χ0v) is 6.65. The van der Waals surface area contributed by atoms with Crippen molar-refractivity contribution in [3.8, 4) is 0 Å². The molecular weight excluding hydrogens is 182 g/mol. The van der Waals surface area contributed by atoms with Crippen molar-refractivity contribution in [1.82, 2.24) is 9.82 Å². The maximum Gasteiger partial charge on any atom is 0.280 e. The first-order valence-electron chi connectivity index (χ1n) is 2.91. The van der Waals surface area contributed by atoms with Crippen molar-refractivity contribution < 1.29 is 8.42 Å². The molecule has 6 nitrogen and oxygen atoms in total. The number of pyridine rings is 1.